The van der Waals surface area contributed by atoms with Gasteiger partial charge in [-0.1, -0.05) is 20.8 Å². The number of anilines is 1. The van der Waals surface area contributed by atoms with E-state index in [0.29, 0.717) is 5.69 Å². The molecule has 1 heterocycles. The van der Waals surface area contributed by atoms with Crippen LogP contribution >= 0.6 is 0 Å². The third-order valence-corrected chi connectivity index (χ3v) is 1.69. The molecule has 72 valence electrons. The molecule has 0 aliphatic carbocycles. The fourth-order valence-electron chi connectivity index (χ4n) is 0.915. The van der Waals surface area contributed by atoms with Gasteiger partial charge in [0.1, 0.15) is 5.82 Å². The fraction of sp³-hybridized carbons (Fsp3) is 0.500. The van der Waals surface area contributed by atoms with Crippen LogP contribution in [0.4, 0.5) is 10.6 Å². The van der Waals surface area contributed by atoms with Crippen molar-refractivity contribution in [2.75, 3.05) is 5.73 Å². The predicted molar refractivity (Wildman–Crippen MR) is 48.8 cm³/mol. The Hall–Kier alpha value is -1.52. The number of nitrogens with two attached hydrogens (primary N) is 1. The zero-order valence-corrected chi connectivity index (χ0v) is 7.90. The van der Waals surface area contributed by atoms with Gasteiger partial charge in [0.25, 0.3) is 0 Å². The van der Waals surface area contributed by atoms with Crippen LogP contribution in [0.1, 0.15) is 26.5 Å². The van der Waals surface area contributed by atoms with E-state index < -0.39 is 6.09 Å². The maximum atomic E-state index is 10.6. The first-order valence-electron chi connectivity index (χ1n) is 3.91. The minimum absolute atomic E-state index is 0.150. The van der Waals surface area contributed by atoms with Crippen molar-refractivity contribution in [3.8, 4) is 0 Å². The Balaban J connectivity index is 3.17. The number of hydrogen-bond donors (Lipinski definition) is 2. The Kier molecular flexibility index (Phi) is 2.03. The van der Waals surface area contributed by atoms with Crippen molar-refractivity contribution in [2.45, 2.75) is 26.2 Å². The van der Waals surface area contributed by atoms with Gasteiger partial charge in [0, 0.05) is 11.5 Å². The maximum Gasteiger partial charge on any atom is 0.434 e. The molecule has 0 bridgehead atoms. The summed E-state index contributed by atoms with van der Waals surface area (Å²) in [5.41, 5.74) is 5.95. The zero-order valence-electron chi connectivity index (χ0n) is 7.90. The molecular weight excluding hydrogens is 170 g/mol. The lowest BCUT2D eigenvalue weighted by Crippen LogP contribution is -2.16. The first-order valence-corrected chi connectivity index (χ1v) is 3.91. The molecule has 0 amide bonds. The first kappa shape index (κ1) is 9.57. The Bertz CT molecular complexity index is 336. The second kappa shape index (κ2) is 2.76. The van der Waals surface area contributed by atoms with Gasteiger partial charge in [-0.05, 0) is 0 Å². The number of hydrogen-bond acceptors (Lipinski definition) is 3. The highest BCUT2D eigenvalue weighted by Gasteiger charge is 2.20. The molecule has 0 fully saturated rings. The lowest BCUT2D eigenvalue weighted by molar-refractivity contribution is 0.193. The normalized spacial score (nSPS) is 11.6. The van der Waals surface area contributed by atoms with Crippen molar-refractivity contribution in [2.24, 2.45) is 0 Å². The average Bonchev–Trinajstić information content (AvgIpc) is 2.29. The van der Waals surface area contributed by atoms with Gasteiger partial charge in [-0.25, -0.2) is 4.79 Å². The maximum absolute atomic E-state index is 10.6. The molecule has 3 N–H and O–H groups in total. The van der Waals surface area contributed by atoms with Crippen LogP contribution in [0.5, 0.6) is 0 Å². The molecule has 0 saturated heterocycles. The number of rotatable bonds is 0. The van der Waals surface area contributed by atoms with E-state index in [1.54, 1.807) is 6.07 Å². The lowest BCUT2D eigenvalue weighted by Gasteiger charge is -2.13. The summed E-state index contributed by atoms with van der Waals surface area (Å²) in [6.07, 6.45) is -1.16. The second-order valence-electron chi connectivity index (χ2n) is 3.90. The molecule has 0 aromatic carbocycles. The van der Waals surface area contributed by atoms with Crippen LogP contribution in [0.2, 0.25) is 0 Å². The summed E-state index contributed by atoms with van der Waals surface area (Å²) in [7, 11) is 0. The summed E-state index contributed by atoms with van der Waals surface area (Å²) in [6, 6.07) is 1.58. The van der Waals surface area contributed by atoms with Crippen molar-refractivity contribution >= 4 is 11.9 Å². The smallest absolute Gasteiger partial charge is 0.434 e. The molecule has 0 unspecified atom stereocenters. The monoisotopic (exact) mass is 183 g/mol. The van der Waals surface area contributed by atoms with Crippen LogP contribution in [-0.4, -0.2) is 21.0 Å². The predicted octanol–water partition coefficient (Wildman–Crippen LogP) is 1.29. The number of carbonyl (C=O) groups is 1. The summed E-state index contributed by atoms with van der Waals surface area (Å²) in [6.45, 7) is 5.84. The largest absolute Gasteiger partial charge is 0.463 e. The van der Waals surface area contributed by atoms with E-state index in [0.717, 1.165) is 4.68 Å². The van der Waals surface area contributed by atoms with Gasteiger partial charge in [-0.15, -0.1) is 4.68 Å². The number of nitrogens with zero attached hydrogens (tertiary/aromatic N) is 2. The van der Waals surface area contributed by atoms with E-state index in [1.165, 1.54) is 0 Å². The lowest BCUT2D eigenvalue weighted by atomic mass is 9.92. The Morgan fingerprint density at radius 3 is 2.38 bits per heavy atom. The van der Waals surface area contributed by atoms with Crippen LogP contribution in [0.15, 0.2) is 6.07 Å². The van der Waals surface area contributed by atoms with Crippen LogP contribution in [0.3, 0.4) is 0 Å². The summed E-state index contributed by atoms with van der Waals surface area (Å²) in [5, 5.41) is 12.5. The molecule has 0 aliphatic heterocycles. The third-order valence-electron chi connectivity index (χ3n) is 1.69. The average molecular weight is 183 g/mol. The van der Waals surface area contributed by atoms with E-state index >= 15 is 0 Å². The highest BCUT2D eigenvalue weighted by Crippen LogP contribution is 2.22. The Morgan fingerprint density at radius 1 is 1.62 bits per heavy atom. The molecule has 0 spiro atoms. The SMILES string of the molecule is CC(C)(C)c1cc(N)n(C(=O)O)n1. The number of aromatic nitrogens is 2. The van der Waals surface area contributed by atoms with Crippen LogP contribution in [0, 0.1) is 0 Å². The van der Waals surface area contributed by atoms with Crippen LogP contribution in [0.25, 0.3) is 0 Å². The van der Waals surface area contributed by atoms with E-state index in [1.807, 2.05) is 20.8 Å². The molecule has 13 heavy (non-hydrogen) atoms. The van der Waals surface area contributed by atoms with Gasteiger partial charge < -0.3 is 10.8 Å². The molecule has 1 aromatic rings. The zero-order chi connectivity index (χ0) is 10.2. The molecule has 5 heteroatoms. The number of nitrogen functional groups attached to an aromatic ring is 1. The van der Waals surface area contributed by atoms with Crippen molar-refractivity contribution in [3.05, 3.63) is 11.8 Å². The quantitative estimate of drug-likeness (QED) is 0.635. The van der Waals surface area contributed by atoms with Crippen LogP contribution < -0.4 is 5.73 Å². The third kappa shape index (κ3) is 1.80. The summed E-state index contributed by atoms with van der Waals surface area (Å²) in [5.74, 6) is 0.150. The molecular formula is C8H13N3O2. The highest BCUT2D eigenvalue weighted by molar-refractivity contribution is 5.71. The van der Waals surface area contributed by atoms with Gasteiger partial charge in [0.15, 0.2) is 0 Å². The molecule has 0 aliphatic rings. The van der Waals surface area contributed by atoms with E-state index in [2.05, 4.69) is 5.10 Å². The Morgan fingerprint density at radius 2 is 2.15 bits per heavy atom. The van der Waals surface area contributed by atoms with Gasteiger partial charge >= 0.3 is 6.09 Å². The number of carboxylic acid groups (broad SMARTS) is 1. The Labute approximate surface area is 76.2 Å². The molecule has 0 radical (unpaired) electrons. The van der Waals surface area contributed by atoms with E-state index in [9.17, 15) is 4.79 Å². The first-order chi connectivity index (χ1) is 5.82. The topological polar surface area (TPSA) is 81.1 Å². The van der Waals surface area contributed by atoms with Crippen molar-refractivity contribution in [1.82, 2.24) is 9.78 Å². The van der Waals surface area contributed by atoms with Gasteiger partial charge in [0.05, 0.1) is 5.69 Å². The summed E-state index contributed by atoms with van der Waals surface area (Å²) in [4.78, 5) is 10.6. The van der Waals surface area contributed by atoms with E-state index in [-0.39, 0.29) is 11.2 Å². The molecule has 0 atom stereocenters. The van der Waals surface area contributed by atoms with Gasteiger partial charge in [-0.3, -0.25) is 0 Å². The molecule has 1 rings (SSSR count). The van der Waals surface area contributed by atoms with E-state index in [4.69, 9.17) is 10.8 Å². The highest BCUT2D eigenvalue weighted by atomic mass is 16.4. The van der Waals surface area contributed by atoms with Crippen molar-refractivity contribution in [1.29, 1.82) is 0 Å². The minimum atomic E-state index is -1.16. The fourth-order valence-corrected chi connectivity index (χ4v) is 0.915. The van der Waals surface area contributed by atoms with Crippen molar-refractivity contribution < 1.29 is 9.90 Å². The summed E-state index contributed by atoms with van der Waals surface area (Å²) < 4.78 is 0.778. The summed E-state index contributed by atoms with van der Waals surface area (Å²) >= 11 is 0. The van der Waals surface area contributed by atoms with Crippen LogP contribution in [-0.2, 0) is 5.41 Å². The second-order valence-corrected chi connectivity index (χ2v) is 3.90. The van der Waals surface area contributed by atoms with Crippen molar-refractivity contribution in [3.63, 3.8) is 0 Å². The molecule has 5 nitrogen and oxygen atoms in total. The standard InChI is InChI=1S/C8H13N3O2/c1-8(2,3)5-4-6(9)11(10-5)7(12)13/h4H,9H2,1-3H3,(H,12,13). The minimum Gasteiger partial charge on any atom is -0.463 e. The molecule has 1 aromatic heterocycles. The molecule has 0 saturated carbocycles. The van der Waals surface area contributed by atoms with Gasteiger partial charge in [-0.2, -0.15) is 5.10 Å². The van der Waals surface area contributed by atoms with Gasteiger partial charge in [0.2, 0.25) is 0 Å².